The minimum absolute atomic E-state index is 0. The maximum atomic E-state index is 10.9. The van der Waals surface area contributed by atoms with Gasteiger partial charge in [-0.15, -0.1) is 6.61 Å². The van der Waals surface area contributed by atoms with Gasteiger partial charge in [0.15, 0.2) is 0 Å². The molecule has 0 saturated heterocycles. The van der Waals surface area contributed by atoms with E-state index in [2.05, 4.69) is 11.8 Å². The van der Waals surface area contributed by atoms with Crippen molar-refractivity contribution in [3.63, 3.8) is 0 Å². The summed E-state index contributed by atoms with van der Waals surface area (Å²) in [5.74, 6) is -0.00783. The number of nitrogens with zero attached hydrogens (tertiary/aromatic N) is 2. The van der Waals surface area contributed by atoms with Crippen LogP contribution in [0.5, 0.6) is 0 Å². The van der Waals surface area contributed by atoms with Crippen molar-refractivity contribution in [1.29, 1.82) is 0 Å². The minimum atomic E-state index is -1.04. The maximum Gasteiger partial charge on any atom is 1.00 e. The molecule has 0 aliphatic carbocycles. The standard InChI is InChI=1S/C18H34N2O3.Na/c1-2-3-4-5-6-7-8-9-10-11-17-19(14-15-21)12-13-20(17)16-18(22)23;/h2-16H2,1H3,(H,22,23);/q;+1/p-1. The summed E-state index contributed by atoms with van der Waals surface area (Å²) in [7, 11) is 0. The molecule has 0 aromatic carbocycles. The molecule has 1 aliphatic heterocycles. The average molecular weight is 348 g/mol. The first-order valence-corrected chi connectivity index (χ1v) is 9.32. The first-order chi connectivity index (χ1) is 11.2. The molecule has 1 aliphatic rings. The third-order valence-electron chi connectivity index (χ3n) is 4.55. The number of carboxylic acid groups (broad SMARTS) is 1. The zero-order chi connectivity index (χ0) is 16.9. The van der Waals surface area contributed by atoms with E-state index in [4.69, 9.17) is 0 Å². The molecule has 6 heteroatoms. The van der Waals surface area contributed by atoms with Gasteiger partial charge in [-0.05, 0) is 6.42 Å². The molecule has 134 valence electrons. The molecule has 0 saturated carbocycles. The average Bonchev–Trinajstić information content (AvgIpc) is 2.87. The summed E-state index contributed by atoms with van der Waals surface area (Å²) < 4.78 is 1.87. The monoisotopic (exact) mass is 348 g/mol. The molecule has 0 spiro atoms. The molecule has 0 aromatic rings. The number of hydrogen-bond donors (Lipinski definition) is 0. The third-order valence-corrected chi connectivity index (χ3v) is 4.55. The van der Waals surface area contributed by atoms with Crippen molar-refractivity contribution in [3.05, 3.63) is 0 Å². The van der Waals surface area contributed by atoms with Crippen molar-refractivity contribution in [2.75, 3.05) is 32.8 Å². The molecular weight excluding hydrogens is 315 g/mol. The van der Waals surface area contributed by atoms with Crippen LogP contribution in [0.1, 0.15) is 71.1 Å². The van der Waals surface area contributed by atoms with Crippen molar-refractivity contribution in [1.82, 2.24) is 4.90 Å². The van der Waals surface area contributed by atoms with E-state index in [0.717, 1.165) is 25.2 Å². The molecule has 1 rings (SSSR count). The van der Waals surface area contributed by atoms with Gasteiger partial charge in [0, 0.05) is 6.42 Å². The summed E-state index contributed by atoms with van der Waals surface area (Å²) in [5, 5.41) is 21.7. The van der Waals surface area contributed by atoms with E-state index in [0.29, 0.717) is 13.1 Å². The predicted molar refractivity (Wildman–Crippen MR) is 88.3 cm³/mol. The second-order valence-corrected chi connectivity index (χ2v) is 6.48. The van der Waals surface area contributed by atoms with Gasteiger partial charge in [-0.3, -0.25) is 9.48 Å². The molecule has 0 radical (unpaired) electrons. The Hall–Kier alpha value is -0.100. The molecule has 1 heterocycles. The Morgan fingerprint density at radius 2 is 1.67 bits per heavy atom. The van der Waals surface area contributed by atoms with E-state index in [1.165, 1.54) is 51.4 Å². The van der Waals surface area contributed by atoms with Gasteiger partial charge in [-0.2, -0.15) is 0 Å². The van der Waals surface area contributed by atoms with Crippen molar-refractivity contribution < 1.29 is 49.1 Å². The van der Waals surface area contributed by atoms with Crippen LogP contribution in [0.3, 0.4) is 0 Å². The summed E-state index contributed by atoms with van der Waals surface area (Å²) in [4.78, 5) is 12.9. The van der Waals surface area contributed by atoms with E-state index in [1.54, 1.807) is 0 Å². The molecule has 0 amide bonds. The van der Waals surface area contributed by atoms with Gasteiger partial charge in [-0.1, -0.05) is 58.3 Å². The quantitative estimate of drug-likeness (QED) is 0.202. The van der Waals surface area contributed by atoms with E-state index in [1.807, 2.05) is 4.58 Å². The van der Waals surface area contributed by atoms with Gasteiger partial charge in [0.1, 0.15) is 19.6 Å². The van der Waals surface area contributed by atoms with Crippen LogP contribution in [-0.4, -0.2) is 54.1 Å². The largest absolute Gasteiger partial charge is 1.00 e. The smallest absolute Gasteiger partial charge is 0.852 e. The van der Waals surface area contributed by atoms with Gasteiger partial charge >= 0.3 is 29.6 Å². The van der Waals surface area contributed by atoms with Crippen LogP contribution < -0.4 is 39.8 Å². The van der Waals surface area contributed by atoms with E-state index >= 15 is 0 Å². The maximum absolute atomic E-state index is 10.9. The zero-order valence-corrected chi connectivity index (χ0v) is 17.7. The Morgan fingerprint density at radius 3 is 2.21 bits per heavy atom. The Balaban J connectivity index is 0.00000529. The van der Waals surface area contributed by atoms with Gasteiger partial charge in [0.2, 0.25) is 5.84 Å². The fourth-order valence-electron chi connectivity index (χ4n) is 3.29. The summed E-state index contributed by atoms with van der Waals surface area (Å²) in [5.41, 5.74) is 0. The normalized spacial score (nSPS) is 14.2. The molecule has 0 bridgehead atoms. The molecular formula is C18H33N2NaO3. The van der Waals surface area contributed by atoms with Gasteiger partial charge < -0.3 is 15.0 Å². The number of carboxylic acids is 1. The fourth-order valence-corrected chi connectivity index (χ4v) is 3.29. The summed E-state index contributed by atoms with van der Waals surface area (Å²) >= 11 is 0. The Bertz CT molecular complexity index is 375. The van der Waals surface area contributed by atoms with Crippen LogP contribution in [0.2, 0.25) is 0 Å². The van der Waals surface area contributed by atoms with Crippen LogP contribution >= 0.6 is 0 Å². The summed E-state index contributed by atoms with van der Waals surface area (Å²) in [6, 6.07) is 0. The Kier molecular flexibility index (Phi) is 15.1. The van der Waals surface area contributed by atoms with Crippen LogP contribution in [0.4, 0.5) is 0 Å². The molecule has 0 unspecified atom stereocenters. The SMILES string of the molecule is CCCCCCCCCCCC1=[N+](CC(=O)[O-])CCN1CC[O-].[Na+]. The summed E-state index contributed by atoms with van der Waals surface area (Å²) in [6.45, 7) is 3.99. The Labute approximate surface area is 169 Å². The second-order valence-electron chi connectivity index (χ2n) is 6.48. The van der Waals surface area contributed by atoms with Crippen LogP contribution in [0.25, 0.3) is 0 Å². The number of amidine groups is 1. The number of carbonyl (C=O) groups excluding carboxylic acids is 1. The van der Waals surface area contributed by atoms with E-state index in [-0.39, 0.29) is 42.7 Å². The topological polar surface area (TPSA) is 69.4 Å². The van der Waals surface area contributed by atoms with Gasteiger partial charge in [-0.25, -0.2) is 0 Å². The molecule has 0 N–H and O–H groups in total. The van der Waals surface area contributed by atoms with Gasteiger partial charge in [0.25, 0.3) is 0 Å². The van der Waals surface area contributed by atoms with E-state index < -0.39 is 5.97 Å². The third kappa shape index (κ3) is 10.0. The first-order valence-electron chi connectivity index (χ1n) is 9.32. The molecule has 0 aromatic heterocycles. The van der Waals surface area contributed by atoms with Crippen LogP contribution in [0, 0.1) is 0 Å². The summed E-state index contributed by atoms with van der Waals surface area (Å²) in [6.07, 6.45) is 12.4. The van der Waals surface area contributed by atoms with Crippen LogP contribution in [-0.2, 0) is 4.79 Å². The van der Waals surface area contributed by atoms with Crippen LogP contribution in [0.15, 0.2) is 0 Å². The Morgan fingerprint density at radius 1 is 1.08 bits per heavy atom. The van der Waals surface area contributed by atoms with Crippen molar-refractivity contribution in [2.45, 2.75) is 71.1 Å². The molecule has 0 fully saturated rings. The molecule has 5 nitrogen and oxygen atoms in total. The number of carbonyl (C=O) groups is 1. The van der Waals surface area contributed by atoms with Crippen molar-refractivity contribution in [3.8, 4) is 0 Å². The van der Waals surface area contributed by atoms with Crippen molar-refractivity contribution in [2.24, 2.45) is 0 Å². The van der Waals surface area contributed by atoms with Crippen molar-refractivity contribution >= 4 is 11.8 Å². The number of unbranched alkanes of at least 4 members (excludes halogenated alkanes) is 8. The van der Waals surface area contributed by atoms with E-state index in [9.17, 15) is 15.0 Å². The number of aliphatic carboxylic acids is 1. The first kappa shape index (κ1) is 23.9. The predicted octanol–water partition coefficient (Wildman–Crippen LogP) is -2.25. The molecule has 0 atom stereocenters. The molecule has 24 heavy (non-hydrogen) atoms. The number of hydrogen-bond acceptors (Lipinski definition) is 4. The van der Waals surface area contributed by atoms with Gasteiger partial charge in [0.05, 0.1) is 12.5 Å². The minimum Gasteiger partial charge on any atom is -0.852 e. The fraction of sp³-hybridized carbons (Fsp3) is 0.889. The second kappa shape index (κ2) is 15.2. The zero-order valence-electron chi connectivity index (χ0n) is 15.7. The number of rotatable bonds is 14.